The van der Waals surface area contributed by atoms with Gasteiger partial charge in [0.05, 0.1) is 28.6 Å². The SMILES string of the molecule is O=C(/C=C/c1cnc2ccccc2n1)Nc1ccc(-n2cncn2)cc1. The molecule has 2 heterocycles. The molecule has 0 atom stereocenters. The van der Waals surface area contributed by atoms with Gasteiger partial charge in [0.15, 0.2) is 0 Å². The van der Waals surface area contributed by atoms with Gasteiger partial charge in [-0.2, -0.15) is 5.10 Å². The lowest BCUT2D eigenvalue weighted by atomic mass is 10.2. The molecule has 2 aromatic carbocycles. The Bertz CT molecular complexity index is 1070. The zero-order valence-electron chi connectivity index (χ0n) is 13.6. The van der Waals surface area contributed by atoms with Crippen molar-refractivity contribution >= 4 is 28.7 Å². The van der Waals surface area contributed by atoms with Gasteiger partial charge in [-0.3, -0.25) is 9.78 Å². The Hall–Kier alpha value is -3.87. The molecule has 1 amide bonds. The van der Waals surface area contributed by atoms with E-state index in [2.05, 4.69) is 25.4 Å². The minimum atomic E-state index is -0.242. The van der Waals surface area contributed by atoms with Crippen LogP contribution < -0.4 is 5.32 Å². The summed E-state index contributed by atoms with van der Waals surface area (Å²) in [4.78, 5) is 24.8. The first-order chi connectivity index (χ1) is 12.8. The minimum Gasteiger partial charge on any atom is -0.323 e. The van der Waals surface area contributed by atoms with Crippen molar-refractivity contribution in [3.05, 3.63) is 79.2 Å². The number of amides is 1. The van der Waals surface area contributed by atoms with E-state index in [-0.39, 0.29) is 5.91 Å². The van der Waals surface area contributed by atoms with Crippen LogP contribution in [-0.2, 0) is 4.79 Å². The molecule has 7 nitrogen and oxygen atoms in total. The summed E-state index contributed by atoms with van der Waals surface area (Å²) in [6.07, 6.45) is 7.79. The predicted molar refractivity (Wildman–Crippen MR) is 98.6 cm³/mol. The van der Waals surface area contributed by atoms with Gasteiger partial charge in [0, 0.05) is 11.8 Å². The van der Waals surface area contributed by atoms with Gasteiger partial charge in [-0.25, -0.2) is 14.6 Å². The Labute approximate surface area is 149 Å². The highest BCUT2D eigenvalue weighted by Crippen LogP contribution is 2.13. The highest BCUT2D eigenvalue weighted by molar-refractivity contribution is 6.01. The monoisotopic (exact) mass is 342 g/mol. The predicted octanol–water partition coefficient (Wildman–Crippen LogP) is 2.86. The van der Waals surface area contributed by atoms with Crippen LogP contribution in [0.25, 0.3) is 22.8 Å². The van der Waals surface area contributed by atoms with E-state index >= 15 is 0 Å². The first-order valence-corrected chi connectivity index (χ1v) is 7.94. The second-order valence-electron chi connectivity index (χ2n) is 5.49. The zero-order valence-corrected chi connectivity index (χ0v) is 13.6. The highest BCUT2D eigenvalue weighted by Gasteiger charge is 2.01. The second kappa shape index (κ2) is 6.94. The summed E-state index contributed by atoms with van der Waals surface area (Å²) in [7, 11) is 0. The molecule has 0 aliphatic rings. The molecule has 0 spiro atoms. The van der Waals surface area contributed by atoms with E-state index in [1.165, 1.54) is 12.4 Å². The average Bonchev–Trinajstić information content (AvgIpc) is 3.22. The summed E-state index contributed by atoms with van der Waals surface area (Å²) in [5, 5.41) is 6.86. The lowest BCUT2D eigenvalue weighted by Crippen LogP contribution is -2.08. The van der Waals surface area contributed by atoms with Gasteiger partial charge in [0.25, 0.3) is 0 Å². The zero-order chi connectivity index (χ0) is 17.8. The van der Waals surface area contributed by atoms with Crippen molar-refractivity contribution < 1.29 is 4.79 Å². The van der Waals surface area contributed by atoms with Crippen molar-refractivity contribution in [1.29, 1.82) is 0 Å². The minimum absolute atomic E-state index is 0.242. The smallest absolute Gasteiger partial charge is 0.248 e. The molecular weight excluding hydrogens is 328 g/mol. The van der Waals surface area contributed by atoms with Crippen LogP contribution in [0.2, 0.25) is 0 Å². The fourth-order valence-electron chi connectivity index (χ4n) is 2.44. The van der Waals surface area contributed by atoms with Gasteiger partial charge >= 0.3 is 0 Å². The molecular formula is C19H14N6O. The lowest BCUT2D eigenvalue weighted by Gasteiger charge is -2.04. The van der Waals surface area contributed by atoms with Crippen LogP contribution >= 0.6 is 0 Å². The van der Waals surface area contributed by atoms with E-state index in [0.29, 0.717) is 11.4 Å². The van der Waals surface area contributed by atoms with Gasteiger partial charge < -0.3 is 5.32 Å². The summed E-state index contributed by atoms with van der Waals surface area (Å²) in [5.74, 6) is -0.242. The van der Waals surface area contributed by atoms with Gasteiger partial charge in [0.1, 0.15) is 12.7 Å². The molecule has 2 aromatic heterocycles. The van der Waals surface area contributed by atoms with Crippen LogP contribution in [0.3, 0.4) is 0 Å². The first-order valence-electron chi connectivity index (χ1n) is 7.94. The molecule has 0 radical (unpaired) electrons. The number of carbonyl (C=O) groups excluding carboxylic acids is 1. The van der Waals surface area contributed by atoms with Crippen LogP contribution in [0.15, 0.2) is 73.5 Å². The van der Waals surface area contributed by atoms with Crippen LogP contribution in [0.4, 0.5) is 5.69 Å². The van der Waals surface area contributed by atoms with E-state index in [4.69, 9.17) is 0 Å². The van der Waals surface area contributed by atoms with E-state index in [0.717, 1.165) is 16.7 Å². The molecule has 0 saturated heterocycles. The molecule has 0 bridgehead atoms. The van der Waals surface area contributed by atoms with Crippen molar-refractivity contribution in [3.63, 3.8) is 0 Å². The molecule has 7 heteroatoms. The van der Waals surface area contributed by atoms with Crippen LogP contribution in [0.1, 0.15) is 5.69 Å². The standard InChI is InChI=1S/C19H14N6O/c26-19(10-7-15-11-21-17-3-1-2-4-18(17)23-15)24-14-5-8-16(9-6-14)25-13-20-12-22-25/h1-13H,(H,24,26)/b10-7+. The molecule has 0 aliphatic carbocycles. The summed E-state index contributed by atoms with van der Waals surface area (Å²) in [5.41, 5.74) is 3.79. The molecule has 26 heavy (non-hydrogen) atoms. The number of hydrogen-bond donors (Lipinski definition) is 1. The number of fused-ring (bicyclic) bond motifs is 1. The van der Waals surface area contributed by atoms with Crippen molar-refractivity contribution in [3.8, 4) is 5.69 Å². The van der Waals surface area contributed by atoms with Crippen molar-refractivity contribution in [2.24, 2.45) is 0 Å². The third-order valence-electron chi connectivity index (χ3n) is 3.69. The molecule has 4 rings (SSSR count). The Morgan fingerprint density at radius 3 is 2.62 bits per heavy atom. The number of nitrogens with one attached hydrogen (secondary N) is 1. The van der Waals surface area contributed by atoms with Gasteiger partial charge in [-0.1, -0.05) is 12.1 Å². The summed E-state index contributed by atoms with van der Waals surface area (Å²) in [6, 6.07) is 14.9. The topological polar surface area (TPSA) is 85.6 Å². The molecule has 0 saturated carbocycles. The Morgan fingerprint density at radius 1 is 1.04 bits per heavy atom. The number of rotatable bonds is 4. The molecule has 126 valence electrons. The maximum Gasteiger partial charge on any atom is 0.248 e. The fraction of sp³-hybridized carbons (Fsp3) is 0. The van der Waals surface area contributed by atoms with Crippen LogP contribution in [-0.4, -0.2) is 30.6 Å². The maximum atomic E-state index is 12.1. The van der Waals surface area contributed by atoms with Gasteiger partial charge in [0.2, 0.25) is 5.91 Å². The number of hydrogen-bond acceptors (Lipinski definition) is 5. The maximum absolute atomic E-state index is 12.1. The fourth-order valence-corrected chi connectivity index (χ4v) is 2.44. The molecule has 0 aliphatic heterocycles. The second-order valence-corrected chi connectivity index (χ2v) is 5.49. The van der Waals surface area contributed by atoms with E-state index in [1.807, 2.05) is 36.4 Å². The number of benzene rings is 2. The van der Waals surface area contributed by atoms with Crippen molar-refractivity contribution in [2.45, 2.75) is 0 Å². The van der Waals surface area contributed by atoms with Crippen molar-refractivity contribution in [2.75, 3.05) is 5.32 Å². The Morgan fingerprint density at radius 2 is 1.85 bits per heavy atom. The number of anilines is 1. The summed E-state index contributed by atoms with van der Waals surface area (Å²) < 4.78 is 1.64. The molecule has 0 unspecified atom stereocenters. The quantitative estimate of drug-likeness (QED) is 0.576. The van der Waals surface area contributed by atoms with E-state index in [1.54, 1.807) is 35.4 Å². The lowest BCUT2D eigenvalue weighted by molar-refractivity contribution is -0.111. The Kier molecular flexibility index (Phi) is 4.17. The third-order valence-corrected chi connectivity index (χ3v) is 3.69. The highest BCUT2D eigenvalue weighted by atomic mass is 16.1. The number of para-hydroxylation sites is 2. The largest absolute Gasteiger partial charge is 0.323 e. The normalized spacial score (nSPS) is 11.1. The summed E-state index contributed by atoms with van der Waals surface area (Å²) >= 11 is 0. The molecule has 0 fully saturated rings. The number of carbonyl (C=O) groups is 1. The number of aromatic nitrogens is 5. The van der Waals surface area contributed by atoms with E-state index in [9.17, 15) is 4.79 Å². The molecule has 4 aromatic rings. The summed E-state index contributed by atoms with van der Waals surface area (Å²) in [6.45, 7) is 0. The molecule has 1 N–H and O–H groups in total. The third kappa shape index (κ3) is 3.46. The van der Waals surface area contributed by atoms with E-state index < -0.39 is 0 Å². The Balaban J connectivity index is 1.43. The van der Waals surface area contributed by atoms with Crippen molar-refractivity contribution in [1.82, 2.24) is 24.7 Å². The van der Waals surface area contributed by atoms with Crippen LogP contribution in [0.5, 0.6) is 0 Å². The number of nitrogens with zero attached hydrogens (tertiary/aromatic N) is 5. The van der Waals surface area contributed by atoms with Gasteiger partial charge in [-0.15, -0.1) is 0 Å². The van der Waals surface area contributed by atoms with Crippen LogP contribution in [0, 0.1) is 0 Å². The average molecular weight is 342 g/mol. The first kappa shape index (κ1) is 15.6. The van der Waals surface area contributed by atoms with Gasteiger partial charge in [-0.05, 0) is 42.5 Å².